The maximum Gasteiger partial charge on any atom is 0.224 e. The summed E-state index contributed by atoms with van der Waals surface area (Å²) >= 11 is 5.83. The van der Waals surface area contributed by atoms with Gasteiger partial charge in [0.2, 0.25) is 5.91 Å². The van der Waals surface area contributed by atoms with Gasteiger partial charge < -0.3 is 9.72 Å². The van der Waals surface area contributed by atoms with Crippen molar-refractivity contribution in [2.24, 2.45) is 0 Å². The Kier molecular flexibility index (Phi) is 4.63. The first-order valence-electron chi connectivity index (χ1n) is 7.55. The molecule has 0 aliphatic heterocycles. The summed E-state index contributed by atoms with van der Waals surface area (Å²) in [6.45, 7) is 2.63. The first kappa shape index (κ1) is 15.6. The molecular formula is C18H18ClN3O. The largest absolute Gasteiger partial charge is 0.355 e. The van der Waals surface area contributed by atoms with Crippen molar-refractivity contribution in [1.82, 2.24) is 14.7 Å². The molecule has 5 heteroatoms. The van der Waals surface area contributed by atoms with Crippen molar-refractivity contribution in [3.05, 3.63) is 70.6 Å². The van der Waals surface area contributed by atoms with Crippen LogP contribution < -0.4 is 5.32 Å². The Morgan fingerprint density at radius 1 is 1.26 bits per heavy atom. The highest BCUT2D eigenvalue weighted by Gasteiger charge is 2.05. The third-order valence-electron chi connectivity index (χ3n) is 3.65. The molecule has 0 unspecified atom stereocenters. The minimum atomic E-state index is 0.00642. The van der Waals surface area contributed by atoms with E-state index in [2.05, 4.69) is 10.3 Å². The highest BCUT2D eigenvalue weighted by atomic mass is 35.5. The zero-order chi connectivity index (χ0) is 16.2. The fraction of sp³-hybridized carbons (Fsp3) is 0.222. The number of imidazole rings is 1. The molecule has 4 nitrogen and oxygen atoms in total. The van der Waals surface area contributed by atoms with E-state index in [1.807, 2.05) is 48.0 Å². The monoisotopic (exact) mass is 327 g/mol. The molecule has 0 radical (unpaired) electrons. The standard InChI is InChI=1S/C18H18ClN3O/c1-13-7-9-22-12-16(21-17(22)10-13)6-8-20-18(23)11-14-2-4-15(19)5-3-14/h2-5,7,9-10,12H,6,8,11H2,1H3,(H,20,23). The molecule has 0 atom stereocenters. The van der Waals surface area contributed by atoms with Crippen LogP contribution in [0.3, 0.4) is 0 Å². The van der Waals surface area contributed by atoms with E-state index in [-0.39, 0.29) is 5.91 Å². The van der Waals surface area contributed by atoms with Gasteiger partial charge in [0, 0.05) is 30.4 Å². The van der Waals surface area contributed by atoms with E-state index in [9.17, 15) is 4.79 Å². The molecule has 0 aliphatic carbocycles. The molecule has 1 aromatic carbocycles. The van der Waals surface area contributed by atoms with Crippen LogP contribution in [0.4, 0.5) is 0 Å². The zero-order valence-corrected chi connectivity index (χ0v) is 13.7. The molecule has 0 aliphatic rings. The highest BCUT2D eigenvalue weighted by molar-refractivity contribution is 6.30. The van der Waals surface area contributed by atoms with E-state index in [0.29, 0.717) is 24.4 Å². The van der Waals surface area contributed by atoms with Gasteiger partial charge in [-0.2, -0.15) is 0 Å². The quantitative estimate of drug-likeness (QED) is 0.782. The number of pyridine rings is 1. The predicted molar refractivity (Wildman–Crippen MR) is 91.8 cm³/mol. The van der Waals surface area contributed by atoms with Gasteiger partial charge in [-0.25, -0.2) is 4.98 Å². The normalized spacial score (nSPS) is 10.9. The van der Waals surface area contributed by atoms with E-state index in [1.54, 1.807) is 12.1 Å². The summed E-state index contributed by atoms with van der Waals surface area (Å²) in [6.07, 6.45) is 5.08. The molecule has 3 aromatic rings. The fourth-order valence-electron chi connectivity index (χ4n) is 2.44. The lowest BCUT2D eigenvalue weighted by Gasteiger charge is -2.04. The van der Waals surface area contributed by atoms with Crippen molar-refractivity contribution >= 4 is 23.2 Å². The lowest BCUT2D eigenvalue weighted by molar-refractivity contribution is -0.120. The van der Waals surface area contributed by atoms with Gasteiger partial charge in [-0.3, -0.25) is 4.79 Å². The van der Waals surface area contributed by atoms with Gasteiger partial charge in [0.25, 0.3) is 0 Å². The molecule has 0 fully saturated rings. The molecule has 1 amide bonds. The second-order valence-electron chi connectivity index (χ2n) is 5.60. The molecule has 2 heterocycles. The Labute approximate surface area is 140 Å². The van der Waals surface area contributed by atoms with Crippen molar-refractivity contribution in [1.29, 1.82) is 0 Å². The molecule has 2 aromatic heterocycles. The van der Waals surface area contributed by atoms with E-state index in [1.165, 1.54) is 5.56 Å². The first-order chi connectivity index (χ1) is 11.1. The molecule has 0 saturated carbocycles. The number of fused-ring (bicyclic) bond motifs is 1. The van der Waals surface area contributed by atoms with Gasteiger partial charge in [-0.1, -0.05) is 23.7 Å². The fourth-order valence-corrected chi connectivity index (χ4v) is 2.56. The van der Waals surface area contributed by atoms with Crippen LogP contribution >= 0.6 is 11.6 Å². The number of amides is 1. The Bertz CT molecular complexity index is 824. The third kappa shape index (κ3) is 4.11. The van der Waals surface area contributed by atoms with Crippen LogP contribution in [0.15, 0.2) is 48.8 Å². The predicted octanol–water partition coefficient (Wildman–Crippen LogP) is 3.20. The Balaban J connectivity index is 1.51. The number of hydrogen-bond donors (Lipinski definition) is 1. The van der Waals surface area contributed by atoms with E-state index in [4.69, 9.17) is 11.6 Å². The van der Waals surface area contributed by atoms with Crippen molar-refractivity contribution in [3.8, 4) is 0 Å². The number of aromatic nitrogens is 2. The number of carbonyl (C=O) groups is 1. The number of nitrogens with zero attached hydrogens (tertiary/aromatic N) is 2. The van der Waals surface area contributed by atoms with E-state index in [0.717, 1.165) is 16.9 Å². The third-order valence-corrected chi connectivity index (χ3v) is 3.90. The minimum Gasteiger partial charge on any atom is -0.355 e. The smallest absolute Gasteiger partial charge is 0.224 e. The van der Waals surface area contributed by atoms with Crippen LogP contribution in [0.25, 0.3) is 5.65 Å². The van der Waals surface area contributed by atoms with Crippen LogP contribution in [-0.2, 0) is 17.6 Å². The summed E-state index contributed by atoms with van der Waals surface area (Å²) in [4.78, 5) is 16.5. The summed E-state index contributed by atoms with van der Waals surface area (Å²) in [6, 6.07) is 11.4. The SMILES string of the molecule is Cc1ccn2cc(CCNC(=O)Cc3ccc(Cl)cc3)nc2c1. The van der Waals surface area contributed by atoms with Gasteiger partial charge in [0.15, 0.2) is 0 Å². The Morgan fingerprint density at radius 2 is 2.04 bits per heavy atom. The second-order valence-corrected chi connectivity index (χ2v) is 6.04. The van der Waals surface area contributed by atoms with Gasteiger partial charge in [-0.15, -0.1) is 0 Å². The number of halogens is 1. The molecular weight excluding hydrogens is 310 g/mol. The summed E-state index contributed by atoms with van der Waals surface area (Å²) < 4.78 is 2.00. The van der Waals surface area contributed by atoms with Crippen molar-refractivity contribution in [3.63, 3.8) is 0 Å². The van der Waals surface area contributed by atoms with Gasteiger partial charge in [0.1, 0.15) is 5.65 Å². The topological polar surface area (TPSA) is 46.4 Å². The average Bonchev–Trinajstić information content (AvgIpc) is 2.91. The lowest BCUT2D eigenvalue weighted by atomic mass is 10.1. The molecule has 3 rings (SSSR count). The van der Waals surface area contributed by atoms with E-state index < -0.39 is 0 Å². The van der Waals surface area contributed by atoms with E-state index >= 15 is 0 Å². The number of rotatable bonds is 5. The number of hydrogen-bond acceptors (Lipinski definition) is 2. The van der Waals surface area contributed by atoms with Gasteiger partial charge >= 0.3 is 0 Å². The molecule has 0 bridgehead atoms. The van der Waals surface area contributed by atoms with Crippen molar-refractivity contribution in [2.45, 2.75) is 19.8 Å². The van der Waals surface area contributed by atoms with Crippen LogP contribution in [-0.4, -0.2) is 21.8 Å². The Hall–Kier alpha value is -2.33. The Morgan fingerprint density at radius 3 is 2.83 bits per heavy atom. The maximum absolute atomic E-state index is 11.9. The average molecular weight is 328 g/mol. The first-order valence-corrected chi connectivity index (χ1v) is 7.93. The van der Waals surface area contributed by atoms with Crippen LogP contribution in [0, 0.1) is 6.92 Å². The summed E-state index contributed by atoms with van der Waals surface area (Å²) in [5, 5.41) is 3.61. The molecule has 23 heavy (non-hydrogen) atoms. The van der Waals surface area contributed by atoms with Gasteiger partial charge in [0.05, 0.1) is 12.1 Å². The zero-order valence-electron chi connectivity index (χ0n) is 12.9. The van der Waals surface area contributed by atoms with Crippen molar-refractivity contribution in [2.75, 3.05) is 6.54 Å². The van der Waals surface area contributed by atoms with Gasteiger partial charge in [-0.05, 0) is 42.3 Å². The maximum atomic E-state index is 11.9. The lowest BCUT2D eigenvalue weighted by Crippen LogP contribution is -2.27. The molecule has 0 spiro atoms. The highest BCUT2D eigenvalue weighted by Crippen LogP contribution is 2.10. The van der Waals surface area contributed by atoms with Crippen LogP contribution in [0.5, 0.6) is 0 Å². The number of nitrogens with one attached hydrogen (secondary N) is 1. The molecule has 118 valence electrons. The number of benzene rings is 1. The van der Waals surface area contributed by atoms with Crippen LogP contribution in [0.1, 0.15) is 16.8 Å². The number of carbonyl (C=O) groups excluding carboxylic acids is 1. The molecule has 1 N–H and O–H groups in total. The summed E-state index contributed by atoms with van der Waals surface area (Å²) in [5.41, 5.74) is 4.05. The second kappa shape index (κ2) is 6.84. The summed E-state index contributed by atoms with van der Waals surface area (Å²) in [7, 11) is 0. The molecule has 0 saturated heterocycles. The van der Waals surface area contributed by atoms with Crippen molar-refractivity contribution < 1.29 is 4.79 Å². The number of aryl methyl sites for hydroxylation is 1. The van der Waals surface area contributed by atoms with Crippen LogP contribution in [0.2, 0.25) is 5.02 Å². The minimum absolute atomic E-state index is 0.00642. The summed E-state index contributed by atoms with van der Waals surface area (Å²) in [5.74, 6) is 0.00642.